The van der Waals surface area contributed by atoms with E-state index < -0.39 is 22.5 Å². The Morgan fingerprint density at radius 1 is 0.864 bits per heavy atom. The molecule has 0 fully saturated rings. The third-order valence-corrected chi connectivity index (χ3v) is 8.33. The molecule has 0 spiro atoms. The molecule has 0 aromatic heterocycles. The molecule has 0 heterocycles. The summed E-state index contributed by atoms with van der Waals surface area (Å²) < 4.78 is 45.9. The van der Waals surface area contributed by atoms with E-state index in [1.807, 2.05) is 26.0 Å². The van der Waals surface area contributed by atoms with Crippen molar-refractivity contribution in [2.75, 3.05) is 24.1 Å². The van der Waals surface area contributed by atoms with Crippen LogP contribution in [0.3, 0.4) is 0 Å². The summed E-state index contributed by atoms with van der Waals surface area (Å²) in [5, 5.41) is 4.71. The van der Waals surface area contributed by atoms with Gasteiger partial charge in [-0.3, -0.25) is 9.10 Å². The Balaban J connectivity index is 1.50. The number of rotatable bonds is 14. The molecule has 0 atom stereocenters. The molecule has 11 heteroatoms. The van der Waals surface area contributed by atoms with Crippen LogP contribution in [0.25, 0.3) is 0 Å². The zero-order valence-electron chi connectivity index (χ0n) is 24.7. The predicted molar refractivity (Wildman–Crippen MR) is 172 cm³/mol. The van der Waals surface area contributed by atoms with Gasteiger partial charge in [-0.15, -0.1) is 0 Å². The second-order valence-electron chi connectivity index (χ2n) is 9.57. The summed E-state index contributed by atoms with van der Waals surface area (Å²) in [7, 11) is -4.12. The van der Waals surface area contributed by atoms with Gasteiger partial charge in [0.05, 0.1) is 30.0 Å². The Morgan fingerprint density at radius 2 is 1.55 bits per heavy atom. The number of halogens is 1. The van der Waals surface area contributed by atoms with Crippen LogP contribution in [0.15, 0.2) is 101 Å². The van der Waals surface area contributed by atoms with Gasteiger partial charge in [-0.1, -0.05) is 53.6 Å². The number of carbonyl (C=O) groups excluding carboxylic acids is 1. The van der Waals surface area contributed by atoms with Gasteiger partial charge in [0.1, 0.15) is 18.9 Å². The molecule has 0 aliphatic rings. The van der Waals surface area contributed by atoms with E-state index in [-0.39, 0.29) is 10.6 Å². The maximum atomic E-state index is 13.7. The zero-order chi connectivity index (χ0) is 31.5. The average molecular weight is 636 g/mol. The summed E-state index contributed by atoms with van der Waals surface area (Å²) in [6, 6.07) is 25.7. The Hall–Kier alpha value is -4.54. The molecule has 44 heavy (non-hydrogen) atoms. The van der Waals surface area contributed by atoms with Crippen molar-refractivity contribution in [3.63, 3.8) is 0 Å². The fraction of sp³-hybridized carbons (Fsp3) is 0.212. The first-order valence-electron chi connectivity index (χ1n) is 14.0. The molecule has 0 radical (unpaired) electrons. The number of nitrogens with one attached hydrogen (secondary N) is 1. The van der Waals surface area contributed by atoms with E-state index in [0.717, 1.165) is 15.4 Å². The van der Waals surface area contributed by atoms with Crippen LogP contribution in [0.4, 0.5) is 5.69 Å². The molecule has 0 saturated heterocycles. The smallest absolute Gasteiger partial charge is 0.264 e. The minimum absolute atomic E-state index is 0.0486. The third kappa shape index (κ3) is 8.52. The van der Waals surface area contributed by atoms with E-state index in [1.165, 1.54) is 18.3 Å². The van der Waals surface area contributed by atoms with Crippen LogP contribution in [0, 0.1) is 6.92 Å². The first kappa shape index (κ1) is 32.4. The molecule has 4 aromatic carbocycles. The van der Waals surface area contributed by atoms with Crippen molar-refractivity contribution in [3.8, 4) is 17.2 Å². The highest BCUT2D eigenvalue weighted by molar-refractivity contribution is 7.92. The molecule has 0 unspecified atom stereocenters. The van der Waals surface area contributed by atoms with Crippen LogP contribution in [-0.4, -0.2) is 40.3 Å². The second-order valence-corrected chi connectivity index (χ2v) is 11.9. The molecule has 0 aliphatic heterocycles. The molecule has 9 nitrogen and oxygen atoms in total. The number of anilines is 1. The fourth-order valence-corrected chi connectivity index (χ4v) is 5.71. The standard InChI is InChI=1S/C33H34ClN3O6S/c1-4-41-30-9-7-6-8-29(30)37(44(39,40)28-17-10-24(3)11-18-28)22-33(38)36-35-21-26-14-19-31(32(20-26)42-5-2)43-23-25-12-15-27(34)16-13-25/h6-21H,4-5,22-23H2,1-3H3,(H,36,38)/b35-21-. The van der Waals surface area contributed by atoms with Crippen molar-refractivity contribution < 1.29 is 27.4 Å². The van der Waals surface area contributed by atoms with Gasteiger partial charge in [0.15, 0.2) is 11.5 Å². The number of hydrazone groups is 1. The van der Waals surface area contributed by atoms with E-state index in [0.29, 0.717) is 47.7 Å². The summed E-state index contributed by atoms with van der Waals surface area (Å²) in [5.74, 6) is 0.757. The predicted octanol–water partition coefficient (Wildman–Crippen LogP) is 6.37. The average Bonchev–Trinajstić information content (AvgIpc) is 3.01. The number of carbonyl (C=O) groups is 1. The van der Waals surface area contributed by atoms with E-state index in [1.54, 1.807) is 73.7 Å². The van der Waals surface area contributed by atoms with E-state index in [4.69, 9.17) is 25.8 Å². The molecule has 1 amide bonds. The van der Waals surface area contributed by atoms with Gasteiger partial charge < -0.3 is 14.2 Å². The fourth-order valence-electron chi connectivity index (χ4n) is 4.16. The van der Waals surface area contributed by atoms with Gasteiger partial charge in [-0.25, -0.2) is 13.8 Å². The first-order valence-corrected chi connectivity index (χ1v) is 15.8. The van der Waals surface area contributed by atoms with Crippen molar-refractivity contribution in [2.45, 2.75) is 32.3 Å². The van der Waals surface area contributed by atoms with E-state index >= 15 is 0 Å². The minimum Gasteiger partial charge on any atom is -0.492 e. The molecule has 4 aromatic rings. The molecular formula is C33H34ClN3O6S. The van der Waals surface area contributed by atoms with Gasteiger partial charge in [-0.05, 0) is 86.5 Å². The molecule has 4 rings (SSSR count). The highest BCUT2D eigenvalue weighted by atomic mass is 35.5. The van der Waals surface area contributed by atoms with Crippen molar-refractivity contribution >= 4 is 39.4 Å². The number of amides is 1. The van der Waals surface area contributed by atoms with Gasteiger partial charge in [0.25, 0.3) is 15.9 Å². The normalized spacial score (nSPS) is 11.3. The van der Waals surface area contributed by atoms with Crippen molar-refractivity contribution in [1.82, 2.24) is 5.43 Å². The number of sulfonamides is 1. The summed E-state index contributed by atoms with van der Waals surface area (Å²) >= 11 is 5.96. The quantitative estimate of drug-likeness (QED) is 0.127. The zero-order valence-corrected chi connectivity index (χ0v) is 26.3. The van der Waals surface area contributed by atoms with Crippen LogP contribution < -0.4 is 23.9 Å². The Labute approximate surface area is 263 Å². The molecule has 1 N–H and O–H groups in total. The minimum atomic E-state index is -4.12. The Kier molecular flexibility index (Phi) is 11.2. The van der Waals surface area contributed by atoms with E-state index in [9.17, 15) is 13.2 Å². The maximum Gasteiger partial charge on any atom is 0.264 e. The summed E-state index contributed by atoms with van der Waals surface area (Å²) in [4.78, 5) is 13.1. The van der Waals surface area contributed by atoms with Gasteiger partial charge >= 0.3 is 0 Å². The van der Waals surface area contributed by atoms with Gasteiger partial charge in [0, 0.05) is 5.02 Å². The van der Waals surface area contributed by atoms with E-state index in [2.05, 4.69) is 10.5 Å². The monoisotopic (exact) mass is 635 g/mol. The number of aryl methyl sites for hydroxylation is 1. The summed E-state index contributed by atoms with van der Waals surface area (Å²) in [5.41, 5.74) is 5.17. The lowest BCUT2D eigenvalue weighted by Gasteiger charge is -2.25. The lowest BCUT2D eigenvalue weighted by Crippen LogP contribution is -2.39. The topological polar surface area (TPSA) is 107 Å². The number of para-hydroxylation sites is 2. The summed E-state index contributed by atoms with van der Waals surface area (Å²) in [6.07, 6.45) is 1.44. The molecular weight excluding hydrogens is 602 g/mol. The summed E-state index contributed by atoms with van der Waals surface area (Å²) in [6.45, 7) is 6.07. The van der Waals surface area contributed by atoms with Gasteiger partial charge in [0.2, 0.25) is 0 Å². The van der Waals surface area contributed by atoms with Crippen molar-refractivity contribution in [3.05, 3.63) is 113 Å². The maximum absolute atomic E-state index is 13.7. The second kappa shape index (κ2) is 15.3. The number of benzene rings is 4. The SMILES string of the molecule is CCOc1cc(/C=N\NC(=O)CN(c2ccccc2OCC)S(=O)(=O)c2ccc(C)cc2)ccc1OCc1ccc(Cl)cc1. The highest BCUT2D eigenvalue weighted by Crippen LogP contribution is 2.33. The van der Waals surface area contributed by atoms with Gasteiger partial charge in [-0.2, -0.15) is 5.10 Å². The number of hydrogen-bond donors (Lipinski definition) is 1. The molecule has 0 saturated carbocycles. The van der Waals surface area contributed by atoms with Crippen LogP contribution in [-0.2, 0) is 21.4 Å². The Morgan fingerprint density at radius 3 is 2.25 bits per heavy atom. The largest absolute Gasteiger partial charge is 0.492 e. The lowest BCUT2D eigenvalue weighted by atomic mass is 10.2. The molecule has 230 valence electrons. The van der Waals surface area contributed by atoms with Crippen LogP contribution in [0.2, 0.25) is 5.02 Å². The number of hydrogen-bond acceptors (Lipinski definition) is 7. The van der Waals surface area contributed by atoms with Crippen LogP contribution >= 0.6 is 11.6 Å². The molecule has 0 bridgehead atoms. The Bertz CT molecular complexity index is 1690. The van der Waals surface area contributed by atoms with Crippen LogP contribution in [0.5, 0.6) is 17.2 Å². The van der Waals surface area contributed by atoms with Crippen molar-refractivity contribution in [1.29, 1.82) is 0 Å². The third-order valence-electron chi connectivity index (χ3n) is 6.31. The first-order chi connectivity index (χ1) is 21.2. The number of nitrogens with zero attached hydrogens (tertiary/aromatic N) is 2. The number of ether oxygens (including phenoxy) is 3. The highest BCUT2D eigenvalue weighted by Gasteiger charge is 2.29. The lowest BCUT2D eigenvalue weighted by molar-refractivity contribution is -0.119. The van der Waals surface area contributed by atoms with Crippen LogP contribution in [0.1, 0.15) is 30.5 Å². The van der Waals surface area contributed by atoms with Crippen molar-refractivity contribution in [2.24, 2.45) is 5.10 Å². The molecule has 0 aliphatic carbocycles.